The van der Waals surface area contributed by atoms with Crippen LogP contribution in [0.3, 0.4) is 0 Å². The first-order valence-electron chi connectivity index (χ1n) is 9.14. The molecule has 1 heterocycles. The molecule has 3 rings (SSSR count). The van der Waals surface area contributed by atoms with Gasteiger partial charge >= 0.3 is 0 Å². The number of hydrazone groups is 1. The number of nitrogens with one attached hydrogen (secondary N) is 1. The number of hydrogen-bond acceptors (Lipinski definition) is 4. The SMILES string of the molecule is C/C(=N/NC(=O)c1ccc(Cl)cc1)c1ccc(OCC(=O)N2CCCC2)cc1. The smallest absolute Gasteiger partial charge is 0.271 e. The van der Waals surface area contributed by atoms with Gasteiger partial charge in [0.05, 0.1) is 5.71 Å². The van der Waals surface area contributed by atoms with Gasteiger partial charge in [-0.05, 0) is 73.9 Å². The number of benzene rings is 2. The van der Waals surface area contributed by atoms with Crippen LogP contribution in [0.25, 0.3) is 0 Å². The number of amides is 2. The predicted octanol–water partition coefficient (Wildman–Crippen LogP) is 3.50. The predicted molar refractivity (Wildman–Crippen MR) is 109 cm³/mol. The second-order valence-electron chi connectivity index (χ2n) is 6.55. The zero-order valence-electron chi connectivity index (χ0n) is 15.7. The van der Waals surface area contributed by atoms with E-state index >= 15 is 0 Å². The van der Waals surface area contributed by atoms with Gasteiger partial charge in [0.1, 0.15) is 5.75 Å². The Morgan fingerprint density at radius 2 is 1.64 bits per heavy atom. The molecule has 7 heteroatoms. The normalized spacial score (nSPS) is 14.1. The van der Waals surface area contributed by atoms with Gasteiger partial charge in [-0.1, -0.05) is 11.6 Å². The summed E-state index contributed by atoms with van der Waals surface area (Å²) in [5.74, 6) is 0.329. The van der Waals surface area contributed by atoms with Crippen LogP contribution in [0.15, 0.2) is 53.6 Å². The van der Waals surface area contributed by atoms with E-state index in [-0.39, 0.29) is 18.4 Å². The fourth-order valence-corrected chi connectivity index (χ4v) is 2.99. The van der Waals surface area contributed by atoms with Crippen molar-refractivity contribution in [3.05, 3.63) is 64.7 Å². The van der Waals surface area contributed by atoms with Crippen LogP contribution in [0.5, 0.6) is 5.75 Å². The molecule has 0 atom stereocenters. The summed E-state index contributed by atoms with van der Waals surface area (Å²) >= 11 is 5.82. The maximum absolute atomic E-state index is 12.1. The van der Waals surface area contributed by atoms with E-state index in [2.05, 4.69) is 10.5 Å². The third kappa shape index (κ3) is 5.33. The highest BCUT2D eigenvalue weighted by Gasteiger charge is 2.18. The molecule has 2 aromatic rings. The molecule has 0 unspecified atom stereocenters. The van der Waals surface area contributed by atoms with E-state index in [0.717, 1.165) is 31.5 Å². The summed E-state index contributed by atoms with van der Waals surface area (Å²) in [4.78, 5) is 25.9. The van der Waals surface area contributed by atoms with Gasteiger partial charge in [-0.2, -0.15) is 5.10 Å². The van der Waals surface area contributed by atoms with Crippen molar-refractivity contribution in [3.8, 4) is 5.75 Å². The van der Waals surface area contributed by atoms with Crippen LogP contribution in [0.1, 0.15) is 35.7 Å². The van der Waals surface area contributed by atoms with E-state index in [1.165, 1.54) is 0 Å². The number of hydrogen-bond donors (Lipinski definition) is 1. The van der Waals surface area contributed by atoms with Gasteiger partial charge < -0.3 is 9.64 Å². The van der Waals surface area contributed by atoms with Crippen LogP contribution in [-0.4, -0.2) is 42.1 Å². The maximum atomic E-state index is 12.1. The molecule has 1 aliphatic heterocycles. The maximum Gasteiger partial charge on any atom is 0.271 e. The standard InChI is InChI=1S/C21H22ClN3O3/c1-15(23-24-21(27)17-4-8-18(22)9-5-17)16-6-10-19(11-7-16)28-14-20(26)25-12-2-3-13-25/h4-11H,2-3,12-14H2,1H3,(H,24,27)/b23-15-. The summed E-state index contributed by atoms with van der Waals surface area (Å²) in [7, 11) is 0. The van der Waals surface area contributed by atoms with Crippen molar-refractivity contribution in [2.75, 3.05) is 19.7 Å². The largest absolute Gasteiger partial charge is 0.484 e. The van der Waals surface area contributed by atoms with Crippen LogP contribution in [0.2, 0.25) is 5.02 Å². The van der Waals surface area contributed by atoms with Gasteiger partial charge in [-0.25, -0.2) is 5.43 Å². The molecule has 2 amide bonds. The summed E-state index contributed by atoms with van der Waals surface area (Å²) in [5, 5.41) is 4.70. The average molecular weight is 400 g/mol. The third-order valence-electron chi connectivity index (χ3n) is 4.52. The summed E-state index contributed by atoms with van der Waals surface area (Å²) in [6, 6.07) is 13.8. The Morgan fingerprint density at radius 3 is 2.29 bits per heavy atom. The van der Waals surface area contributed by atoms with Crippen molar-refractivity contribution < 1.29 is 14.3 Å². The highest BCUT2D eigenvalue weighted by molar-refractivity contribution is 6.30. The first-order chi connectivity index (χ1) is 13.5. The average Bonchev–Trinajstić information content (AvgIpc) is 3.26. The molecule has 146 valence electrons. The van der Waals surface area contributed by atoms with Crippen LogP contribution < -0.4 is 10.2 Å². The number of likely N-dealkylation sites (tertiary alicyclic amines) is 1. The summed E-state index contributed by atoms with van der Waals surface area (Å²) in [6.07, 6.45) is 2.13. The number of nitrogens with zero attached hydrogens (tertiary/aromatic N) is 2. The highest BCUT2D eigenvalue weighted by Crippen LogP contribution is 2.14. The second kappa shape index (κ2) is 9.37. The van der Waals surface area contributed by atoms with Crippen LogP contribution in [0, 0.1) is 0 Å². The molecule has 28 heavy (non-hydrogen) atoms. The summed E-state index contributed by atoms with van der Waals surface area (Å²) in [5.41, 5.74) is 4.50. The van der Waals surface area contributed by atoms with Crippen LogP contribution in [0.4, 0.5) is 0 Å². The van der Waals surface area contributed by atoms with E-state index < -0.39 is 0 Å². The lowest BCUT2D eigenvalue weighted by molar-refractivity contribution is -0.132. The minimum Gasteiger partial charge on any atom is -0.484 e. The molecule has 0 aromatic heterocycles. The number of ether oxygens (including phenoxy) is 1. The topological polar surface area (TPSA) is 71.0 Å². The molecule has 0 spiro atoms. The lowest BCUT2D eigenvalue weighted by atomic mass is 10.1. The lowest BCUT2D eigenvalue weighted by Gasteiger charge is -2.15. The minimum atomic E-state index is -0.309. The van der Waals surface area contributed by atoms with E-state index in [1.54, 1.807) is 43.3 Å². The molecule has 0 saturated carbocycles. The van der Waals surface area contributed by atoms with Gasteiger partial charge in [0.2, 0.25) is 0 Å². The Labute approximate surface area is 169 Å². The lowest BCUT2D eigenvalue weighted by Crippen LogP contribution is -2.32. The molecule has 1 N–H and O–H groups in total. The van der Waals surface area contributed by atoms with E-state index in [9.17, 15) is 9.59 Å². The van der Waals surface area contributed by atoms with E-state index in [0.29, 0.717) is 22.0 Å². The quantitative estimate of drug-likeness (QED) is 0.597. The Balaban J connectivity index is 1.53. The monoisotopic (exact) mass is 399 g/mol. The number of carbonyl (C=O) groups excluding carboxylic acids is 2. The molecular weight excluding hydrogens is 378 g/mol. The molecule has 0 bridgehead atoms. The van der Waals surface area contributed by atoms with Gasteiger partial charge in [0, 0.05) is 23.7 Å². The first-order valence-corrected chi connectivity index (χ1v) is 9.52. The van der Waals surface area contributed by atoms with Gasteiger partial charge in [0.15, 0.2) is 6.61 Å². The van der Waals surface area contributed by atoms with Crippen molar-refractivity contribution >= 4 is 29.1 Å². The Kier molecular flexibility index (Phi) is 6.66. The number of rotatable bonds is 6. The Bertz CT molecular complexity index is 857. The summed E-state index contributed by atoms with van der Waals surface area (Å²) in [6.45, 7) is 3.48. The van der Waals surface area contributed by atoms with Crippen LogP contribution in [-0.2, 0) is 4.79 Å². The van der Waals surface area contributed by atoms with E-state index in [1.807, 2.05) is 17.0 Å². The van der Waals surface area contributed by atoms with E-state index in [4.69, 9.17) is 16.3 Å². The first kappa shape index (κ1) is 19.9. The van der Waals surface area contributed by atoms with Crippen molar-refractivity contribution in [3.63, 3.8) is 0 Å². The Morgan fingerprint density at radius 1 is 1.04 bits per heavy atom. The van der Waals surface area contributed by atoms with Crippen molar-refractivity contribution in [1.29, 1.82) is 0 Å². The fraction of sp³-hybridized carbons (Fsp3) is 0.286. The Hall–Kier alpha value is -2.86. The minimum absolute atomic E-state index is 0.0178. The molecule has 1 aliphatic rings. The number of halogens is 1. The zero-order valence-corrected chi connectivity index (χ0v) is 16.4. The molecule has 6 nitrogen and oxygen atoms in total. The van der Waals surface area contributed by atoms with Gasteiger partial charge in [-0.3, -0.25) is 9.59 Å². The van der Waals surface area contributed by atoms with Gasteiger partial charge in [-0.15, -0.1) is 0 Å². The fourth-order valence-electron chi connectivity index (χ4n) is 2.86. The molecule has 1 saturated heterocycles. The summed E-state index contributed by atoms with van der Waals surface area (Å²) < 4.78 is 5.57. The number of carbonyl (C=O) groups is 2. The van der Waals surface area contributed by atoms with Gasteiger partial charge in [0.25, 0.3) is 11.8 Å². The highest BCUT2D eigenvalue weighted by atomic mass is 35.5. The molecular formula is C21H22ClN3O3. The second-order valence-corrected chi connectivity index (χ2v) is 6.98. The molecule has 2 aromatic carbocycles. The molecule has 0 aliphatic carbocycles. The third-order valence-corrected chi connectivity index (χ3v) is 4.78. The molecule has 1 fully saturated rings. The van der Waals surface area contributed by atoms with Crippen molar-refractivity contribution in [2.45, 2.75) is 19.8 Å². The van der Waals surface area contributed by atoms with Crippen LogP contribution >= 0.6 is 11.6 Å². The zero-order chi connectivity index (χ0) is 19.9. The van der Waals surface area contributed by atoms with Crippen molar-refractivity contribution in [2.24, 2.45) is 5.10 Å². The molecule has 0 radical (unpaired) electrons. The van der Waals surface area contributed by atoms with Crippen molar-refractivity contribution in [1.82, 2.24) is 10.3 Å².